The summed E-state index contributed by atoms with van der Waals surface area (Å²) in [7, 11) is 2.90. The molecule has 10 nitrogen and oxygen atoms in total. The second kappa shape index (κ2) is 16.6. The van der Waals surface area contributed by atoms with Gasteiger partial charge in [-0.15, -0.1) is 0 Å². The third kappa shape index (κ3) is 8.69. The van der Waals surface area contributed by atoms with Crippen LogP contribution in [0.25, 0.3) is 21.8 Å². The van der Waals surface area contributed by atoms with Gasteiger partial charge in [0.1, 0.15) is 11.9 Å². The number of ether oxygens (including phenoxy) is 5. The molecular weight excluding hydrogens is 698 g/mol. The zero-order valence-electron chi connectivity index (χ0n) is 29.8. The number of nitrogens with zero attached hydrogens (tertiary/aromatic N) is 3. The molecular formula is C39H41F4N3O7. The Labute approximate surface area is 304 Å². The summed E-state index contributed by atoms with van der Waals surface area (Å²) in [6.07, 6.45) is -2.04. The molecule has 282 valence electrons. The van der Waals surface area contributed by atoms with Crippen LogP contribution in [0.1, 0.15) is 43.4 Å². The van der Waals surface area contributed by atoms with Crippen molar-refractivity contribution in [2.75, 3.05) is 47.1 Å². The largest absolute Gasteiger partial charge is 0.493 e. The zero-order chi connectivity index (χ0) is 38.3. The second-order valence-corrected chi connectivity index (χ2v) is 12.5. The highest BCUT2D eigenvalue weighted by Crippen LogP contribution is 2.45. The van der Waals surface area contributed by atoms with E-state index in [1.807, 2.05) is 0 Å². The Hall–Kier alpha value is -5.26. The summed E-state index contributed by atoms with van der Waals surface area (Å²) < 4.78 is 88.2. The molecule has 5 rings (SSSR count). The van der Waals surface area contributed by atoms with Gasteiger partial charge in [-0.05, 0) is 74.2 Å². The van der Waals surface area contributed by atoms with Crippen molar-refractivity contribution in [3.8, 4) is 17.2 Å². The van der Waals surface area contributed by atoms with Gasteiger partial charge in [-0.25, -0.2) is 14.0 Å². The van der Waals surface area contributed by atoms with Gasteiger partial charge in [0.05, 0.1) is 34.0 Å². The summed E-state index contributed by atoms with van der Waals surface area (Å²) in [6, 6.07) is 13.2. The molecule has 1 aromatic heterocycles. The number of hydrogen-bond donors (Lipinski definition) is 1. The third-order valence-electron chi connectivity index (χ3n) is 9.00. The van der Waals surface area contributed by atoms with E-state index in [2.05, 4.69) is 4.85 Å². The predicted octanol–water partition coefficient (Wildman–Crippen LogP) is 7.63. The number of esters is 1. The number of likely N-dealkylation sites (tertiary alicyclic amines) is 1. The highest BCUT2D eigenvalue weighted by Gasteiger charge is 2.57. The molecule has 0 aliphatic carbocycles. The smallest absolute Gasteiger partial charge is 0.422 e. The number of alkyl halides is 3. The van der Waals surface area contributed by atoms with E-state index in [4.69, 9.17) is 30.3 Å². The van der Waals surface area contributed by atoms with E-state index in [1.54, 1.807) is 35.4 Å². The number of aliphatic hydroxyl groups is 1. The fourth-order valence-corrected chi connectivity index (χ4v) is 6.37. The molecule has 0 amide bonds. The molecule has 1 N–H and O–H groups in total. The third-order valence-corrected chi connectivity index (χ3v) is 9.00. The molecule has 1 fully saturated rings. The number of piperidine rings is 1. The number of carbonyl (C=O) groups excluding carboxylic acids is 1. The number of β-amino-alcohol motifs (C(OH)–C–C–N with tert-alkyl or cyclic N) is 1. The molecule has 0 radical (unpaired) electrons. The maximum absolute atomic E-state index is 15.0. The van der Waals surface area contributed by atoms with Crippen LogP contribution in [-0.2, 0) is 26.4 Å². The van der Waals surface area contributed by atoms with E-state index in [9.17, 15) is 14.3 Å². The maximum atomic E-state index is 15.0. The Kier molecular flexibility index (Phi) is 12.2. The van der Waals surface area contributed by atoms with E-state index < -0.39 is 36.2 Å². The molecule has 1 aliphatic heterocycles. The van der Waals surface area contributed by atoms with Crippen molar-refractivity contribution in [1.82, 2.24) is 9.47 Å². The van der Waals surface area contributed by atoms with E-state index in [-0.39, 0.29) is 55.2 Å². The van der Waals surface area contributed by atoms with Crippen molar-refractivity contribution < 1.29 is 51.1 Å². The monoisotopic (exact) mass is 739 g/mol. The number of benzene rings is 3. The number of hydrogen-bond acceptors (Lipinski definition) is 8. The van der Waals surface area contributed by atoms with Gasteiger partial charge in [-0.2, -0.15) is 13.2 Å². The van der Waals surface area contributed by atoms with E-state index in [0.29, 0.717) is 46.7 Å². The maximum Gasteiger partial charge on any atom is 0.422 e. The van der Waals surface area contributed by atoms with Crippen LogP contribution in [0, 0.1) is 12.4 Å². The van der Waals surface area contributed by atoms with Gasteiger partial charge in [0, 0.05) is 48.8 Å². The summed E-state index contributed by atoms with van der Waals surface area (Å²) in [6.45, 7) is 11.0. The Morgan fingerprint density at radius 2 is 1.62 bits per heavy atom. The minimum atomic E-state index is -5.06. The first-order chi connectivity index (χ1) is 25.3. The van der Waals surface area contributed by atoms with E-state index in [0.717, 1.165) is 0 Å². The number of halogens is 4. The molecule has 1 atom stereocenters. The molecule has 1 aliphatic rings. The van der Waals surface area contributed by atoms with Crippen LogP contribution in [0.4, 0.5) is 23.2 Å². The van der Waals surface area contributed by atoms with E-state index in [1.165, 1.54) is 69.0 Å². The molecule has 1 unspecified atom stereocenters. The van der Waals surface area contributed by atoms with Crippen molar-refractivity contribution >= 4 is 28.6 Å². The van der Waals surface area contributed by atoms with Gasteiger partial charge in [-0.3, -0.25) is 4.90 Å². The van der Waals surface area contributed by atoms with Gasteiger partial charge in [-0.1, -0.05) is 24.3 Å². The van der Waals surface area contributed by atoms with Gasteiger partial charge < -0.3 is 33.4 Å². The lowest BCUT2D eigenvalue weighted by Gasteiger charge is -2.39. The Morgan fingerprint density at radius 3 is 2.19 bits per heavy atom. The Balaban J connectivity index is 1.37. The molecule has 3 aromatic carbocycles. The minimum absolute atomic E-state index is 0.00359. The molecule has 14 heteroatoms. The average molecular weight is 740 g/mol. The van der Waals surface area contributed by atoms with Crippen molar-refractivity contribution in [3.63, 3.8) is 0 Å². The van der Waals surface area contributed by atoms with Gasteiger partial charge in [0.15, 0.2) is 17.2 Å². The molecule has 2 heterocycles. The van der Waals surface area contributed by atoms with Gasteiger partial charge in [0.25, 0.3) is 0 Å². The molecule has 0 spiro atoms. The summed E-state index contributed by atoms with van der Waals surface area (Å²) in [4.78, 5) is 17.4. The molecule has 0 saturated carbocycles. The SMILES string of the molecule is [C-]#[N+]c1ccc2c(C(O)(CN3CCC(Oc4c(OC)cc(/C=C(/OCC)C(=O)OCC)cc4OC)CC3)C(F)(F)F)cn(Cc3ccc(F)cc3)c2c1. The van der Waals surface area contributed by atoms with Crippen LogP contribution in [-0.4, -0.2) is 79.9 Å². The highest BCUT2D eigenvalue weighted by molar-refractivity contribution is 5.92. The first-order valence-electron chi connectivity index (χ1n) is 17.0. The predicted molar refractivity (Wildman–Crippen MR) is 190 cm³/mol. The minimum Gasteiger partial charge on any atom is -0.493 e. The van der Waals surface area contributed by atoms with Crippen LogP contribution in [0.5, 0.6) is 17.2 Å². The summed E-state index contributed by atoms with van der Waals surface area (Å²) in [5.74, 6) is -0.161. The first kappa shape index (κ1) is 39.0. The molecule has 53 heavy (non-hydrogen) atoms. The van der Waals surface area contributed by atoms with Crippen LogP contribution in [0.2, 0.25) is 0 Å². The van der Waals surface area contributed by atoms with Crippen LogP contribution in [0.15, 0.2) is 66.6 Å². The molecule has 4 aromatic rings. The number of rotatable bonds is 14. The molecule has 0 bridgehead atoms. The molecule has 1 saturated heterocycles. The summed E-state index contributed by atoms with van der Waals surface area (Å²) >= 11 is 0. The number of aromatic nitrogens is 1. The lowest BCUT2D eigenvalue weighted by atomic mass is 9.91. The van der Waals surface area contributed by atoms with Crippen molar-refractivity contribution in [2.24, 2.45) is 0 Å². The van der Waals surface area contributed by atoms with Crippen molar-refractivity contribution in [2.45, 2.75) is 51.1 Å². The first-order valence-corrected chi connectivity index (χ1v) is 17.0. The number of carbonyl (C=O) groups is 1. The number of methoxy groups -OCH3 is 2. The fourth-order valence-electron chi connectivity index (χ4n) is 6.37. The fraction of sp³-hybridized carbons (Fsp3) is 0.385. The highest BCUT2D eigenvalue weighted by atomic mass is 19.4. The van der Waals surface area contributed by atoms with E-state index >= 15 is 13.2 Å². The quantitative estimate of drug-likeness (QED) is 0.0464. The zero-order valence-corrected chi connectivity index (χ0v) is 29.8. The van der Waals surface area contributed by atoms with Crippen molar-refractivity contribution in [3.05, 3.63) is 100 Å². The topological polar surface area (TPSA) is 96.0 Å². The van der Waals surface area contributed by atoms with Crippen LogP contribution in [0.3, 0.4) is 0 Å². The average Bonchev–Trinajstić information content (AvgIpc) is 3.50. The number of fused-ring (bicyclic) bond motifs is 1. The standard InChI is InChI=1S/C39H41F4N3O7/c1-6-51-35(37(47)52-7-2)20-26-18-33(49-4)36(34(19-26)50-5)53-29-14-16-45(17-15-29)24-38(48,39(41,42)43)31-23-46(22-25-8-10-27(40)11-9-25)32-21-28(44-3)12-13-30(31)32/h8-13,18-21,23,29,48H,6-7,14-17,22,24H2,1-2,4-5H3/b35-20+. The normalized spacial score (nSPS) is 15.4. The summed E-state index contributed by atoms with van der Waals surface area (Å²) in [5, 5.41) is 11.8. The van der Waals surface area contributed by atoms with Crippen LogP contribution < -0.4 is 14.2 Å². The van der Waals surface area contributed by atoms with Gasteiger partial charge in [0.2, 0.25) is 17.1 Å². The Morgan fingerprint density at radius 1 is 0.981 bits per heavy atom. The van der Waals surface area contributed by atoms with Gasteiger partial charge >= 0.3 is 12.1 Å². The second-order valence-electron chi connectivity index (χ2n) is 12.5. The lowest BCUT2D eigenvalue weighted by molar-refractivity contribution is -0.272. The van der Waals surface area contributed by atoms with Crippen molar-refractivity contribution in [1.29, 1.82) is 0 Å². The Bertz CT molecular complexity index is 1950. The summed E-state index contributed by atoms with van der Waals surface area (Å²) in [5.41, 5.74) is -1.87. The van der Waals surface area contributed by atoms with Crippen LogP contribution >= 0.6 is 0 Å². The lowest BCUT2D eigenvalue weighted by Crippen LogP contribution is -2.53.